The van der Waals surface area contributed by atoms with Crippen LogP contribution in [0.15, 0.2) is 65.7 Å². The van der Waals surface area contributed by atoms with Gasteiger partial charge in [-0.1, -0.05) is 30.3 Å². The summed E-state index contributed by atoms with van der Waals surface area (Å²) in [6.45, 7) is 0.704. The molecule has 30 heavy (non-hydrogen) atoms. The van der Waals surface area contributed by atoms with E-state index >= 15 is 0 Å². The van der Waals surface area contributed by atoms with E-state index in [1.54, 1.807) is 10.8 Å². The number of benzene rings is 2. The van der Waals surface area contributed by atoms with Crippen LogP contribution in [0.5, 0.6) is 0 Å². The Kier molecular flexibility index (Phi) is 5.82. The van der Waals surface area contributed by atoms with E-state index in [1.165, 1.54) is 42.6 Å². The maximum Gasteiger partial charge on any atom is 0.404 e. The molecule has 1 heterocycles. The second-order valence-corrected chi connectivity index (χ2v) is 8.23. The van der Waals surface area contributed by atoms with Gasteiger partial charge >= 0.3 is 6.18 Å². The van der Waals surface area contributed by atoms with Crippen molar-refractivity contribution in [3.63, 3.8) is 0 Å². The molecule has 0 bridgehead atoms. The van der Waals surface area contributed by atoms with Crippen LogP contribution in [0.2, 0.25) is 0 Å². The number of sulfonamides is 1. The van der Waals surface area contributed by atoms with Gasteiger partial charge in [0.25, 0.3) is 0 Å². The summed E-state index contributed by atoms with van der Waals surface area (Å²) in [6.07, 6.45) is -3.35. The Labute approximate surface area is 170 Å². The Morgan fingerprint density at radius 1 is 1.00 bits per heavy atom. The second-order valence-electron chi connectivity index (χ2n) is 6.55. The maximum absolute atomic E-state index is 14.7. The molecule has 158 valence electrons. The van der Waals surface area contributed by atoms with Gasteiger partial charge in [-0.15, -0.1) is 0 Å². The van der Waals surface area contributed by atoms with E-state index in [9.17, 15) is 26.0 Å². The van der Waals surface area contributed by atoms with Gasteiger partial charge in [0.1, 0.15) is 17.7 Å². The van der Waals surface area contributed by atoms with Crippen LogP contribution in [0.3, 0.4) is 0 Å². The number of halogens is 4. The summed E-state index contributed by atoms with van der Waals surface area (Å²) < 4.78 is 79.9. The topological polar surface area (TPSA) is 85.1 Å². The summed E-state index contributed by atoms with van der Waals surface area (Å²) in [4.78, 5) is 3.52. The van der Waals surface area contributed by atoms with Gasteiger partial charge in [-0.05, 0) is 36.8 Å². The molecule has 0 fully saturated rings. The molecule has 0 spiro atoms. The van der Waals surface area contributed by atoms with E-state index in [4.69, 9.17) is 5.73 Å². The molecular formula is C20H17F4N3O2S. The summed E-state index contributed by atoms with van der Waals surface area (Å²) in [7, 11) is -4.52. The first-order valence-corrected chi connectivity index (χ1v) is 10.2. The summed E-state index contributed by atoms with van der Waals surface area (Å²) >= 11 is 0. The highest BCUT2D eigenvalue weighted by Crippen LogP contribution is 2.32. The van der Waals surface area contributed by atoms with Crippen LogP contribution in [0, 0.1) is 5.82 Å². The molecule has 0 aliphatic carbocycles. The van der Waals surface area contributed by atoms with Crippen molar-refractivity contribution in [1.82, 2.24) is 9.71 Å². The summed E-state index contributed by atoms with van der Waals surface area (Å²) in [6, 6.07) is 10.3. The zero-order valence-electron chi connectivity index (χ0n) is 15.6. The van der Waals surface area contributed by atoms with Crippen LogP contribution in [0.4, 0.5) is 23.4 Å². The van der Waals surface area contributed by atoms with Crippen molar-refractivity contribution < 1.29 is 26.0 Å². The first-order valence-electron chi connectivity index (χ1n) is 8.69. The second kappa shape index (κ2) is 8.04. The molecular weight excluding hydrogens is 422 g/mol. The minimum atomic E-state index is -4.75. The molecule has 0 saturated heterocycles. The average Bonchev–Trinajstić information content (AvgIpc) is 2.68. The molecule has 3 rings (SSSR count). The molecule has 1 aromatic heterocycles. The third kappa shape index (κ3) is 4.60. The molecule has 0 unspecified atom stereocenters. The molecule has 0 radical (unpaired) electrons. The molecule has 2 aromatic carbocycles. The lowest BCUT2D eigenvalue weighted by Crippen LogP contribution is -2.43. The first kappa shape index (κ1) is 21.7. The Balaban J connectivity index is 2.02. The Morgan fingerprint density at radius 2 is 1.67 bits per heavy atom. The normalized spacial score (nSPS) is 13.2. The van der Waals surface area contributed by atoms with Gasteiger partial charge in [0.05, 0.1) is 4.90 Å². The minimum Gasteiger partial charge on any atom is -0.384 e. The molecule has 0 aliphatic heterocycles. The third-order valence-corrected chi connectivity index (χ3v) is 5.98. The van der Waals surface area contributed by atoms with Gasteiger partial charge in [0.15, 0.2) is 0 Å². The van der Waals surface area contributed by atoms with Gasteiger partial charge in [-0.3, -0.25) is 0 Å². The monoisotopic (exact) mass is 439 g/mol. The van der Waals surface area contributed by atoms with Crippen LogP contribution < -0.4 is 10.5 Å². The zero-order chi connectivity index (χ0) is 22.1. The fraction of sp³-hybridized carbons (Fsp3) is 0.150. The van der Waals surface area contributed by atoms with E-state index in [0.29, 0.717) is 12.5 Å². The van der Waals surface area contributed by atoms with Crippen molar-refractivity contribution in [2.24, 2.45) is 0 Å². The van der Waals surface area contributed by atoms with E-state index in [0.717, 1.165) is 12.1 Å². The lowest BCUT2D eigenvalue weighted by Gasteiger charge is -2.19. The van der Waals surface area contributed by atoms with Crippen LogP contribution in [0.25, 0.3) is 22.3 Å². The maximum atomic E-state index is 14.7. The van der Waals surface area contributed by atoms with E-state index in [-0.39, 0.29) is 27.4 Å². The largest absolute Gasteiger partial charge is 0.404 e. The number of nitrogens with two attached hydrogens (primary N) is 1. The predicted molar refractivity (Wildman–Crippen MR) is 105 cm³/mol. The number of nitrogens with one attached hydrogen (secondary N) is 1. The summed E-state index contributed by atoms with van der Waals surface area (Å²) in [5, 5.41) is 0. The lowest BCUT2D eigenvalue weighted by molar-refractivity contribution is -0.147. The van der Waals surface area contributed by atoms with Gasteiger partial charge in [-0.2, -0.15) is 17.9 Å². The van der Waals surface area contributed by atoms with Gasteiger partial charge in [0, 0.05) is 22.9 Å². The summed E-state index contributed by atoms with van der Waals surface area (Å²) in [5.74, 6) is -0.376. The van der Waals surface area contributed by atoms with E-state index < -0.39 is 28.1 Å². The molecule has 5 nitrogen and oxygen atoms in total. The van der Waals surface area contributed by atoms with Crippen molar-refractivity contribution in [1.29, 1.82) is 0 Å². The fourth-order valence-electron chi connectivity index (χ4n) is 2.78. The highest BCUT2D eigenvalue weighted by atomic mass is 32.2. The number of hydrogen-bond acceptors (Lipinski definition) is 4. The molecule has 1 atom stereocenters. The number of nitrogens with zero attached hydrogens (tertiary/aromatic N) is 1. The number of pyridine rings is 1. The van der Waals surface area contributed by atoms with Gasteiger partial charge in [-0.25, -0.2) is 17.8 Å². The quantitative estimate of drug-likeness (QED) is 0.579. The third-order valence-electron chi connectivity index (χ3n) is 4.38. The van der Waals surface area contributed by atoms with Gasteiger partial charge < -0.3 is 5.73 Å². The molecule has 3 aromatic rings. The number of nitrogen functional groups attached to an aromatic ring is 1. The van der Waals surface area contributed by atoms with Crippen molar-refractivity contribution in [3.8, 4) is 22.3 Å². The smallest absolute Gasteiger partial charge is 0.384 e. The Morgan fingerprint density at radius 3 is 2.27 bits per heavy atom. The number of anilines is 1. The van der Waals surface area contributed by atoms with E-state index in [2.05, 4.69) is 4.98 Å². The number of hydrogen-bond donors (Lipinski definition) is 2. The molecule has 3 N–H and O–H groups in total. The van der Waals surface area contributed by atoms with Gasteiger partial charge in [0.2, 0.25) is 10.0 Å². The minimum absolute atomic E-state index is 0.0697. The Bertz CT molecular complexity index is 1160. The van der Waals surface area contributed by atoms with Crippen molar-refractivity contribution in [2.45, 2.75) is 24.0 Å². The fourth-order valence-corrected chi connectivity index (χ4v) is 4.24. The van der Waals surface area contributed by atoms with Crippen LogP contribution in [-0.2, 0) is 10.0 Å². The van der Waals surface area contributed by atoms with Crippen molar-refractivity contribution in [3.05, 3.63) is 66.6 Å². The van der Waals surface area contributed by atoms with Crippen LogP contribution in [0.1, 0.15) is 6.92 Å². The number of rotatable bonds is 5. The first-order chi connectivity index (χ1) is 14.0. The Hall–Kier alpha value is -2.98. The lowest BCUT2D eigenvalue weighted by atomic mass is 10.0. The average molecular weight is 439 g/mol. The SMILES string of the molecule is C[C@H](NS(=O)(=O)c1ccccc1-c1ccc(-c2ccc(N)nc2)c(F)c1)C(F)(F)F. The van der Waals surface area contributed by atoms with Crippen LogP contribution in [-0.4, -0.2) is 25.6 Å². The highest BCUT2D eigenvalue weighted by Gasteiger charge is 2.39. The molecule has 0 saturated carbocycles. The molecule has 0 amide bonds. The number of aromatic nitrogens is 1. The number of alkyl halides is 3. The molecule has 0 aliphatic rings. The van der Waals surface area contributed by atoms with E-state index in [1.807, 2.05) is 0 Å². The standard InChI is InChI=1S/C20H17F4N3O2S/c1-12(20(22,23)24)27-30(28,29)18-5-3-2-4-16(18)13-6-8-15(17(21)10-13)14-7-9-19(25)26-11-14/h2-12,27H,1H3,(H2,25,26)/t12-/m0/s1. The highest BCUT2D eigenvalue weighted by molar-refractivity contribution is 7.89. The molecule has 10 heteroatoms. The van der Waals surface area contributed by atoms with Crippen molar-refractivity contribution >= 4 is 15.8 Å². The summed E-state index contributed by atoms with van der Waals surface area (Å²) in [5.41, 5.74) is 6.47. The zero-order valence-corrected chi connectivity index (χ0v) is 16.4. The predicted octanol–water partition coefficient (Wildman–Crippen LogP) is 4.37. The van der Waals surface area contributed by atoms with Crippen LogP contribution >= 0.6 is 0 Å². The van der Waals surface area contributed by atoms with Crippen molar-refractivity contribution in [2.75, 3.05) is 5.73 Å².